The topological polar surface area (TPSA) is 65.5 Å². The van der Waals surface area contributed by atoms with E-state index in [0.717, 1.165) is 25.5 Å². The molecule has 3 N–H and O–H groups in total. The fourth-order valence-electron chi connectivity index (χ4n) is 2.06. The molecule has 5 heteroatoms. The molecule has 0 aliphatic rings. The lowest BCUT2D eigenvalue weighted by molar-refractivity contribution is -0.128. The highest BCUT2D eigenvalue weighted by Gasteiger charge is 2.26. The van der Waals surface area contributed by atoms with Gasteiger partial charge in [-0.05, 0) is 39.7 Å². The minimum absolute atomic E-state index is 0.0314. The van der Waals surface area contributed by atoms with Gasteiger partial charge in [0.15, 0.2) is 5.96 Å². The molecule has 0 saturated carbocycles. The van der Waals surface area contributed by atoms with E-state index < -0.39 is 5.41 Å². The Bertz CT molecular complexity index is 497. The highest BCUT2D eigenvalue weighted by atomic mass is 16.2. The summed E-state index contributed by atoms with van der Waals surface area (Å²) in [5.41, 5.74) is 0.774. The van der Waals surface area contributed by atoms with Crippen molar-refractivity contribution in [2.75, 3.05) is 26.2 Å². The molecule has 0 aliphatic carbocycles. The maximum atomic E-state index is 12.0. The van der Waals surface area contributed by atoms with Crippen LogP contribution < -0.4 is 16.0 Å². The molecule has 0 heterocycles. The molecule has 23 heavy (non-hydrogen) atoms. The number of nitrogens with one attached hydrogen (secondary N) is 3. The first-order chi connectivity index (χ1) is 11.0. The normalized spacial score (nSPS) is 11.9. The van der Waals surface area contributed by atoms with Crippen LogP contribution in [0.2, 0.25) is 0 Å². The summed E-state index contributed by atoms with van der Waals surface area (Å²) in [5, 5.41) is 9.40. The van der Waals surface area contributed by atoms with Gasteiger partial charge in [-0.25, -0.2) is 0 Å². The molecule has 0 aromatic heterocycles. The lowest BCUT2D eigenvalue weighted by Crippen LogP contribution is -2.42. The van der Waals surface area contributed by atoms with Crippen LogP contribution in [0.1, 0.15) is 33.3 Å². The quantitative estimate of drug-likeness (QED) is 0.507. The zero-order valence-electron chi connectivity index (χ0n) is 14.8. The maximum absolute atomic E-state index is 12.0. The molecule has 128 valence electrons. The number of amides is 1. The fraction of sp³-hybridized carbons (Fsp3) is 0.556. The molecular weight excluding hydrogens is 288 g/mol. The highest BCUT2D eigenvalue weighted by Crippen LogP contribution is 2.15. The molecule has 1 rings (SSSR count). The number of nitrogens with zero attached hydrogens (tertiary/aromatic N) is 1. The Hall–Kier alpha value is -2.04. The molecular formula is C18H30N4O. The summed E-state index contributed by atoms with van der Waals surface area (Å²) in [7, 11) is 0. The number of hydrogen-bond acceptors (Lipinski definition) is 2. The zero-order valence-corrected chi connectivity index (χ0v) is 14.8. The second kappa shape index (κ2) is 9.87. The fourth-order valence-corrected chi connectivity index (χ4v) is 2.06. The van der Waals surface area contributed by atoms with E-state index in [1.165, 1.54) is 5.56 Å². The molecule has 0 radical (unpaired) electrons. The number of carbonyl (C=O) groups excluding carboxylic acids is 1. The maximum Gasteiger partial charge on any atom is 0.227 e. The van der Waals surface area contributed by atoms with Crippen LogP contribution in [0.4, 0.5) is 0 Å². The van der Waals surface area contributed by atoms with Gasteiger partial charge in [-0.2, -0.15) is 0 Å². The van der Waals surface area contributed by atoms with Crippen LogP contribution in [0, 0.1) is 5.41 Å². The van der Waals surface area contributed by atoms with Crippen molar-refractivity contribution in [2.45, 2.75) is 34.1 Å². The molecule has 1 aromatic carbocycles. The Morgan fingerprint density at radius 3 is 2.30 bits per heavy atom. The summed E-state index contributed by atoms with van der Waals surface area (Å²) < 4.78 is 0. The highest BCUT2D eigenvalue weighted by molar-refractivity contribution is 5.83. The lowest BCUT2D eigenvalue weighted by Gasteiger charge is -2.22. The van der Waals surface area contributed by atoms with Gasteiger partial charge < -0.3 is 16.0 Å². The Labute approximate surface area is 140 Å². The van der Waals surface area contributed by atoms with Crippen molar-refractivity contribution >= 4 is 11.9 Å². The predicted molar refractivity (Wildman–Crippen MR) is 96.6 cm³/mol. The average molecular weight is 318 g/mol. The summed E-state index contributed by atoms with van der Waals surface area (Å²) in [6, 6.07) is 10.3. The molecule has 1 amide bonds. The van der Waals surface area contributed by atoms with Gasteiger partial charge in [0.1, 0.15) is 0 Å². The minimum Gasteiger partial charge on any atom is -0.357 e. The largest absolute Gasteiger partial charge is 0.357 e. The average Bonchev–Trinajstić information content (AvgIpc) is 2.54. The smallest absolute Gasteiger partial charge is 0.227 e. The van der Waals surface area contributed by atoms with Gasteiger partial charge >= 0.3 is 0 Å². The summed E-state index contributed by atoms with van der Waals surface area (Å²) in [6.07, 6.45) is 0.935. The second-order valence-electron chi connectivity index (χ2n) is 6.10. The van der Waals surface area contributed by atoms with Gasteiger partial charge in [0, 0.05) is 19.6 Å². The van der Waals surface area contributed by atoms with Crippen molar-refractivity contribution in [3.8, 4) is 0 Å². The van der Waals surface area contributed by atoms with Crippen molar-refractivity contribution in [2.24, 2.45) is 10.4 Å². The van der Waals surface area contributed by atoms with Gasteiger partial charge in [-0.15, -0.1) is 0 Å². The molecule has 0 atom stereocenters. The van der Waals surface area contributed by atoms with Crippen LogP contribution in [-0.2, 0) is 11.2 Å². The molecule has 0 bridgehead atoms. The van der Waals surface area contributed by atoms with Gasteiger partial charge in [0.25, 0.3) is 0 Å². The van der Waals surface area contributed by atoms with Crippen molar-refractivity contribution in [3.63, 3.8) is 0 Å². The Kier molecular flexibility index (Phi) is 8.16. The Morgan fingerprint density at radius 1 is 1.04 bits per heavy atom. The van der Waals surface area contributed by atoms with E-state index in [-0.39, 0.29) is 5.91 Å². The standard InChI is InChI=1S/C18H30N4O/c1-5-19-16(23)18(3,4)14-22-17(20-6-2)21-13-12-15-10-8-7-9-11-15/h7-11H,5-6,12-14H2,1-4H3,(H,19,23)(H2,20,21,22). The summed E-state index contributed by atoms with van der Waals surface area (Å²) >= 11 is 0. The first kappa shape index (κ1) is 19.0. The van der Waals surface area contributed by atoms with Crippen molar-refractivity contribution in [1.82, 2.24) is 16.0 Å². The van der Waals surface area contributed by atoms with Gasteiger partial charge in [0.05, 0.1) is 12.0 Å². The molecule has 5 nitrogen and oxygen atoms in total. The molecule has 0 spiro atoms. The Morgan fingerprint density at radius 2 is 1.70 bits per heavy atom. The molecule has 0 fully saturated rings. The van der Waals surface area contributed by atoms with Crippen LogP contribution in [0.25, 0.3) is 0 Å². The van der Waals surface area contributed by atoms with E-state index in [4.69, 9.17) is 0 Å². The molecule has 0 unspecified atom stereocenters. The van der Waals surface area contributed by atoms with Crippen LogP contribution in [0.15, 0.2) is 35.3 Å². The lowest BCUT2D eigenvalue weighted by atomic mass is 9.92. The first-order valence-electron chi connectivity index (χ1n) is 8.34. The van der Waals surface area contributed by atoms with Gasteiger partial charge in [-0.3, -0.25) is 9.79 Å². The van der Waals surface area contributed by atoms with E-state index in [0.29, 0.717) is 13.1 Å². The number of aliphatic imine (C=N–C) groups is 1. The number of rotatable bonds is 8. The zero-order chi connectivity index (χ0) is 17.1. The van der Waals surface area contributed by atoms with Crippen LogP contribution in [-0.4, -0.2) is 38.0 Å². The summed E-state index contributed by atoms with van der Waals surface area (Å²) in [5.74, 6) is 0.782. The number of guanidine groups is 1. The van der Waals surface area contributed by atoms with Gasteiger partial charge in [0.2, 0.25) is 5.91 Å². The number of benzene rings is 1. The van der Waals surface area contributed by atoms with Crippen LogP contribution in [0.3, 0.4) is 0 Å². The third-order valence-electron chi connectivity index (χ3n) is 3.48. The number of carbonyl (C=O) groups is 1. The van der Waals surface area contributed by atoms with Crippen molar-refractivity contribution in [3.05, 3.63) is 35.9 Å². The van der Waals surface area contributed by atoms with E-state index in [2.05, 4.69) is 33.1 Å². The van der Waals surface area contributed by atoms with E-state index >= 15 is 0 Å². The summed E-state index contributed by atoms with van der Waals surface area (Å²) in [6.45, 7) is 10.5. The van der Waals surface area contributed by atoms with E-state index in [1.54, 1.807) is 0 Å². The first-order valence-corrected chi connectivity index (χ1v) is 8.34. The van der Waals surface area contributed by atoms with Crippen molar-refractivity contribution < 1.29 is 4.79 Å². The molecule has 1 aromatic rings. The van der Waals surface area contributed by atoms with E-state index in [9.17, 15) is 4.79 Å². The molecule has 0 saturated heterocycles. The predicted octanol–water partition coefficient (Wildman–Crippen LogP) is 1.95. The molecule has 0 aliphatic heterocycles. The summed E-state index contributed by atoms with van der Waals surface area (Å²) in [4.78, 5) is 16.6. The van der Waals surface area contributed by atoms with Crippen LogP contribution >= 0.6 is 0 Å². The van der Waals surface area contributed by atoms with E-state index in [1.807, 2.05) is 45.9 Å². The second-order valence-corrected chi connectivity index (χ2v) is 6.10. The third-order valence-corrected chi connectivity index (χ3v) is 3.48. The Balaban J connectivity index is 2.54. The minimum atomic E-state index is -0.516. The monoisotopic (exact) mass is 318 g/mol. The van der Waals surface area contributed by atoms with Crippen LogP contribution in [0.5, 0.6) is 0 Å². The SMILES string of the molecule is CCNC(=O)C(C)(C)CN=C(NCC)NCCc1ccccc1. The third kappa shape index (κ3) is 7.17. The van der Waals surface area contributed by atoms with Gasteiger partial charge in [-0.1, -0.05) is 30.3 Å². The number of hydrogen-bond donors (Lipinski definition) is 3. The van der Waals surface area contributed by atoms with Crippen molar-refractivity contribution in [1.29, 1.82) is 0 Å².